The molecular formula is C38H22N2O. The van der Waals surface area contributed by atoms with Crippen LogP contribution in [0.5, 0.6) is 0 Å². The van der Waals surface area contributed by atoms with Crippen molar-refractivity contribution in [2.75, 3.05) is 0 Å². The average molecular weight is 523 g/mol. The SMILES string of the molecule is c1ccc(-c2nc3cc(-c4cccc5c4oc4ccccc45)ccc3c3c4ccccc4c4ncccc4c23)cc1. The van der Waals surface area contributed by atoms with Gasteiger partial charge in [-0.1, -0.05) is 109 Å². The van der Waals surface area contributed by atoms with Crippen molar-refractivity contribution in [3.63, 3.8) is 0 Å². The molecule has 0 aliphatic carbocycles. The molecule has 0 aliphatic rings. The van der Waals surface area contributed by atoms with Crippen LogP contribution < -0.4 is 0 Å². The zero-order chi connectivity index (χ0) is 26.9. The minimum atomic E-state index is 0.901. The fourth-order valence-electron chi connectivity index (χ4n) is 6.48. The fourth-order valence-corrected chi connectivity index (χ4v) is 6.48. The van der Waals surface area contributed by atoms with Crippen LogP contribution in [0, 0.1) is 0 Å². The van der Waals surface area contributed by atoms with E-state index in [0.29, 0.717) is 0 Å². The summed E-state index contributed by atoms with van der Waals surface area (Å²) < 4.78 is 6.39. The van der Waals surface area contributed by atoms with E-state index in [-0.39, 0.29) is 0 Å². The maximum atomic E-state index is 6.39. The lowest BCUT2D eigenvalue weighted by molar-refractivity contribution is 0.670. The molecule has 0 amide bonds. The van der Waals surface area contributed by atoms with Crippen molar-refractivity contribution in [3.05, 3.63) is 134 Å². The molecular weight excluding hydrogens is 500 g/mol. The van der Waals surface area contributed by atoms with Crippen LogP contribution in [-0.4, -0.2) is 9.97 Å². The molecule has 0 radical (unpaired) electrons. The maximum Gasteiger partial charge on any atom is 0.143 e. The van der Waals surface area contributed by atoms with Gasteiger partial charge in [0.2, 0.25) is 0 Å². The Hall–Kier alpha value is -5.54. The molecule has 3 heterocycles. The first-order chi connectivity index (χ1) is 20.3. The quantitative estimate of drug-likeness (QED) is 0.212. The van der Waals surface area contributed by atoms with E-state index in [2.05, 4.69) is 103 Å². The van der Waals surface area contributed by atoms with Gasteiger partial charge in [-0.05, 0) is 29.1 Å². The number of hydrogen-bond donors (Lipinski definition) is 0. The van der Waals surface area contributed by atoms with Gasteiger partial charge >= 0.3 is 0 Å². The van der Waals surface area contributed by atoms with Crippen LogP contribution in [-0.2, 0) is 0 Å². The van der Waals surface area contributed by atoms with Crippen LogP contribution in [0.2, 0.25) is 0 Å². The Morgan fingerprint density at radius 2 is 1.24 bits per heavy atom. The van der Waals surface area contributed by atoms with Crippen LogP contribution >= 0.6 is 0 Å². The largest absolute Gasteiger partial charge is 0.455 e. The van der Waals surface area contributed by atoms with Crippen molar-refractivity contribution in [2.45, 2.75) is 0 Å². The minimum absolute atomic E-state index is 0.901. The number of fused-ring (bicyclic) bond motifs is 11. The monoisotopic (exact) mass is 522 g/mol. The average Bonchev–Trinajstić information content (AvgIpc) is 3.43. The number of para-hydroxylation sites is 2. The molecule has 0 unspecified atom stereocenters. The van der Waals surface area contributed by atoms with Gasteiger partial charge in [0.25, 0.3) is 0 Å². The second-order valence-electron chi connectivity index (χ2n) is 10.5. The van der Waals surface area contributed by atoms with E-state index in [4.69, 9.17) is 14.4 Å². The van der Waals surface area contributed by atoms with Gasteiger partial charge in [0.15, 0.2) is 0 Å². The molecule has 0 aliphatic heterocycles. The lowest BCUT2D eigenvalue weighted by Crippen LogP contribution is -1.94. The molecule has 190 valence electrons. The molecule has 41 heavy (non-hydrogen) atoms. The van der Waals surface area contributed by atoms with Crippen molar-refractivity contribution in [2.24, 2.45) is 0 Å². The highest BCUT2D eigenvalue weighted by molar-refractivity contribution is 6.33. The maximum absolute atomic E-state index is 6.39. The summed E-state index contributed by atoms with van der Waals surface area (Å²) in [6.07, 6.45) is 1.88. The van der Waals surface area contributed by atoms with E-state index >= 15 is 0 Å². The lowest BCUT2D eigenvalue weighted by atomic mass is 9.91. The summed E-state index contributed by atoms with van der Waals surface area (Å²) in [6, 6.07) is 44.5. The van der Waals surface area contributed by atoms with E-state index in [1.165, 1.54) is 10.8 Å². The molecule has 9 rings (SSSR count). The Morgan fingerprint density at radius 1 is 0.488 bits per heavy atom. The zero-order valence-electron chi connectivity index (χ0n) is 22.0. The summed E-state index contributed by atoms with van der Waals surface area (Å²) in [4.78, 5) is 10.2. The second-order valence-corrected chi connectivity index (χ2v) is 10.5. The molecule has 0 fully saturated rings. The molecule has 3 nitrogen and oxygen atoms in total. The molecule has 0 atom stereocenters. The number of benzene rings is 6. The van der Waals surface area contributed by atoms with Crippen molar-refractivity contribution in [3.8, 4) is 22.4 Å². The van der Waals surface area contributed by atoms with Gasteiger partial charge in [-0.3, -0.25) is 4.98 Å². The summed E-state index contributed by atoms with van der Waals surface area (Å²) in [5, 5.41) is 9.18. The molecule has 0 saturated heterocycles. The van der Waals surface area contributed by atoms with Gasteiger partial charge in [0.05, 0.1) is 16.7 Å². The molecule has 3 heteroatoms. The van der Waals surface area contributed by atoms with Gasteiger partial charge in [0, 0.05) is 55.0 Å². The predicted molar refractivity (Wildman–Crippen MR) is 170 cm³/mol. The number of nitrogens with zero attached hydrogens (tertiary/aromatic N) is 2. The summed E-state index contributed by atoms with van der Waals surface area (Å²) in [5.41, 5.74) is 7.96. The normalized spacial score (nSPS) is 11.9. The Kier molecular flexibility index (Phi) is 4.61. The van der Waals surface area contributed by atoms with Gasteiger partial charge in [-0.15, -0.1) is 0 Å². The number of hydrogen-bond acceptors (Lipinski definition) is 3. The third kappa shape index (κ3) is 3.20. The number of rotatable bonds is 2. The number of aromatic nitrogens is 2. The van der Waals surface area contributed by atoms with Gasteiger partial charge in [-0.2, -0.15) is 0 Å². The molecule has 6 aromatic carbocycles. The minimum Gasteiger partial charge on any atom is -0.455 e. The molecule has 0 bridgehead atoms. The summed E-state index contributed by atoms with van der Waals surface area (Å²) >= 11 is 0. The highest BCUT2D eigenvalue weighted by Crippen LogP contribution is 2.43. The number of furan rings is 1. The van der Waals surface area contributed by atoms with E-state index < -0.39 is 0 Å². The highest BCUT2D eigenvalue weighted by atomic mass is 16.3. The molecule has 0 N–H and O–H groups in total. The first-order valence-corrected chi connectivity index (χ1v) is 13.8. The first-order valence-electron chi connectivity index (χ1n) is 13.8. The van der Waals surface area contributed by atoms with E-state index in [0.717, 1.165) is 76.9 Å². The Balaban J connectivity index is 1.43. The van der Waals surface area contributed by atoms with Crippen molar-refractivity contribution < 1.29 is 4.42 Å². The summed E-state index contributed by atoms with van der Waals surface area (Å²) in [6.45, 7) is 0. The fraction of sp³-hybridized carbons (Fsp3) is 0. The van der Waals surface area contributed by atoms with Gasteiger partial charge in [-0.25, -0.2) is 4.98 Å². The highest BCUT2D eigenvalue weighted by Gasteiger charge is 2.19. The molecule has 3 aromatic heterocycles. The van der Waals surface area contributed by atoms with Crippen molar-refractivity contribution >= 4 is 65.3 Å². The lowest BCUT2D eigenvalue weighted by Gasteiger charge is -2.16. The van der Waals surface area contributed by atoms with Crippen molar-refractivity contribution in [1.82, 2.24) is 9.97 Å². The van der Waals surface area contributed by atoms with E-state index in [9.17, 15) is 0 Å². The third-order valence-corrected chi connectivity index (χ3v) is 8.28. The predicted octanol–water partition coefficient (Wildman–Crippen LogP) is 10.3. The van der Waals surface area contributed by atoms with Gasteiger partial charge in [0.1, 0.15) is 11.2 Å². The third-order valence-electron chi connectivity index (χ3n) is 8.28. The number of pyridine rings is 2. The summed E-state index contributed by atoms with van der Waals surface area (Å²) in [5.74, 6) is 0. The topological polar surface area (TPSA) is 38.9 Å². The van der Waals surface area contributed by atoms with E-state index in [1.54, 1.807) is 0 Å². The summed E-state index contributed by atoms with van der Waals surface area (Å²) in [7, 11) is 0. The standard InChI is InChI=1S/C38H22N2O/c1-2-10-23(11-3-1)36-35-31-17-9-21-39-37(31)28-14-5-4-13-27(28)34(35)30-20-19-24(22-32(30)40-36)25-15-8-16-29-26-12-6-7-18-33(26)41-38(25)29/h1-22H. The Labute approximate surface area is 235 Å². The van der Waals surface area contributed by atoms with Crippen LogP contribution in [0.15, 0.2) is 138 Å². The van der Waals surface area contributed by atoms with Crippen LogP contribution in [0.4, 0.5) is 0 Å². The van der Waals surface area contributed by atoms with Crippen molar-refractivity contribution in [1.29, 1.82) is 0 Å². The smallest absolute Gasteiger partial charge is 0.143 e. The molecule has 9 aromatic rings. The zero-order valence-corrected chi connectivity index (χ0v) is 22.0. The van der Waals surface area contributed by atoms with Crippen LogP contribution in [0.3, 0.4) is 0 Å². The Morgan fingerprint density at radius 3 is 2.15 bits per heavy atom. The van der Waals surface area contributed by atoms with Gasteiger partial charge < -0.3 is 4.42 Å². The van der Waals surface area contributed by atoms with Crippen LogP contribution in [0.1, 0.15) is 0 Å². The molecule has 0 saturated carbocycles. The first kappa shape index (κ1) is 22.3. The second kappa shape index (κ2) is 8.48. The Bertz CT molecular complexity index is 2470. The molecule has 0 spiro atoms. The van der Waals surface area contributed by atoms with Crippen LogP contribution in [0.25, 0.3) is 87.7 Å². The van der Waals surface area contributed by atoms with E-state index in [1.807, 2.05) is 30.5 Å².